The van der Waals surface area contributed by atoms with E-state index in [1.54, 1.807) is 25.7 Å². The lowest BCUT2D eigenvalue weighted by Crippen LogP contribution is -2.63. The van der Waals surface area contributed by atoms with Crippen molar-refractivity contribution in [3.8, 4) is 0 Å². The molecule has 27 heavy (non-hydrogen) atoms. The Bertz CT molecular complexity index is 678. The Kier molecular flexibility index (Phi) is 6.55. The second kappa shape index (κ2) is 8.32. The topological polar surface area (TPSA) is 78.9 Å². The van der Waals surface area contributed by atoms with Crippen LogP contribution in [0.1, 0.15) is 38.4 Å². The number of alkyl halides is 3. The van der Waals surface area contributed by atoms with Gasteiger partial charge in [-0.1, -0.05) is 0 Å². The van der Waals surface area contributed by atoms with E-state index in [0.717, 1.165) is 16.7 Å². The molecule has 2 N–H and O–H groups in total. The van der Waals surface area contributed by atoms with Crippen LogP contribution in [0.4, 0.5) is 18.0 Å². The first kappa shape index (κ1) is 21.3. The van der Waals surface area contributed by atoms with Crippen LogP contribution < -0.4 is 10.6 Å². The van der Waals surface area contributed by atoms with Crippen molar-refractivity contribution in [3.63, 3.8) is 0 Å². The zero-order valence-electron chi connectivity index (χ0n) is 15.7. The summed E-state index contributed by atoms with van der Waals surface area (Å²) in [6, 6.07) is -0.00245. The molecule has 7 nitrogen and oxygen atoms in total. The second-order valence-corrected chi connectivity index (χ2v) is 7.99. The number of ether oxygens (including phenoxy) is 1. The Morgan fingerprint density at radius 1 is 1.41 bits per heavy atom. The average molecular weight is 407 g/mol. The molecule has 1 fully saturated rings. The highest BCUT2D eigenvalue weighted by Crippen LogP contribution is 2.30. The maximum Gasteiger partial charge on any atom is 0.434 e. The summed E-state index contributed by atoms with van der Waals surface area (Å²) in [5.74, 6) is 0.468. The maximum atomic E-state index is 12.6. The molecular formula is C16H24F3N5O2S. The molecule has 0 bridgehead atoms. The molecule has 0 aliphatic carbocycles. The number of halogens is 3. The molecule has 11 heteroatoms. The van der Waals surface area contributed by atoms with E-state index in [2.05, 4.69) is 20.6 Å². The van der Waals surface area contributed by atoms with Crippen LogP contribution >= 0.6 is 11.3 Å². The summed E-state index contributed by atoms with van der Waals surface area (Å²) in [4.78, 5) is 21.3. The van der Waals surface area contributed by atoms with Gasteiger partial charge in [-0.05, 0) is 27.7 Å². The maximum absolute atomic E-state index is 12.6. The van der Waals surface area contributed by atoms with Gasteiger partial charge in [-0.25, -0.2) is 14.8 Å². The number of guanidine groups is 1. The normalized spacial score (nSPS) is 16.1. The number of nitrogens with zero attached hydrogens (tertiary/aromatic N) is 3. The van der Waals surface area contributed by atoms with E-state index in [-0.39, 0.29) is 23.7 Å². The average Bonchev–Trinajstić information content (AvgIpc) is 2.94. The van der Waals surface area contributed by atoms with Gasteiger partial charge in [0.25, 0.3) is 0 Å². The third-order valence-corrected chi connectivity index (χ3v) is 4.27. The lowest BCUT2D eigenvalue weighted by Gasteiger charge is -2.40. The van der Waals surface area contributed by atoms with Crippen molar-refractivity contribution in [2.24, 2.45) is 4.99 Å². The van der Waals surface area contributed by atoms with Gasteiger partial charge in [0.05, 0.1) is 12.6 Å². The first-order valence-electron chi connectivity index (χ1n) is 8.52. The highest BCUT2D eigenvalue weighted by Gasteiger charge is 2.35. The molecule has 2 heterocycles. The molecule has 1 saturated heterocycles. The fourth-order valence-corrected chi connectivity index (χ4v) is 2.94. The number of hydrogen-bond donors (Lipinski definition) is 2. The summed E-state index contributed by atoms with van der Waals surface area (Å²) in [5.41, 5.74) is -1.45. The summed E-state index contributed by atoms with van der Waals surface area (Å²) in [5, 5.41) is 7.45. The number of amides is 1. The summed E-state index contributed by atoms with van der Waals surface area (Å²) in [6.07, 6.45) is -4.82. The molecule has 0 unspecified atom stereocenters. The first-order chi connectivity index (χ1) is 12.5. The molecule has 2 rings (SSSR count). The van der Waals surface area contributed by atoms with Gasteiger partial charge in [-0.2, -0.15) is 13.2 Å². The van der Waals surface area contributed by atoms with Crippen molar-refractivity contribution in [2.75, 3.05) is 19.6 Å². The second-order valence-electron chi connectivity index (χ2n) is 7.05. The van der Waals surface area contributed by atoms with E-state index in [9.17, 15) is 18.0 Å². The van der Waals surface area contributed by atoms with Crippen LogP contribution in [0.15, 0.2) is 10.4 Å². The zero-order chi connectivity index (χ0) is 20.2. The summed E-state index contributed by atoms with van der Waals surface area (Å²) >= 11 is 0.921. The minimum atomic E-state index is -4.45. The summed E-state index contributed by atoms with van der Waals surface area (Å²) in [7, 11) is 0. The van der Waals surface area contributed by atoms with Crippen LogP contribution in [0.25, 0.3) is 0 Å². The molecule has 1 amide bonds. The third-order valence-electron chi connectivity index (χ3n) is 3.43. The Morgan fingerprint density at radius 2 is 2.07 bits per heavy atom. The van der Waals surface area contributed by atoms with Crippen molar-refractivity contribution in [1.29, 1.82) is 0 Å². The van der Waals surface area contributed by atoms with Crippen molar-refractivity contribution in [3.05, 3.63) is 16.1 Å². The van der Waals surface area contributed by atoms with E-state index in [4.69, 9.17) is 4.74 Å². The largest absolute Gasteiger partial charge is 0.444 e. The number of nitrogens with one attached hydrogen (secondary N) is 2. The molecular weight excluding hydrogens is 383 g/mol. The monoisotopic (exact) mass is 407 g/mol. The molecule has 1 aliphatic heterocycles. The predicted molar refractivity (Wildman–Crippen MR) is 96.7 cm³/mol. The Hall–Kier alpha value is -2.04. The fourth-order valence-electron chi connectivity index (χ4n) is 2.22. The van der Waals surface area contributed by atoms with Crippen molar-refractivity contribution in [1.82, 2.24) is 20.5 Å². The fraction of sp³-hybridized carbons (Fsp3) is 0.688. The van der Waals surface area contributed by atoms with Gasteiger partial charge < -0.3 is 20.3 Å². The van der Waals surface area contributed by atoms with Crippen LogP contribution in [0.5, 0.6) is 0 Å². The molecule has 0 saturated carbocycles. The highest BCUT2D eigenvalue weighted by molar-refractivity contribution is 7.09. The Morgan fingerprint density at radius 3 is 2.59 bits per heavy atom. The highest BCUT2D eigenvalue weighted by atomic mass is 32.1. The number of aliphatic imine (C=N–C) groups is 1. The molecule has 0 aromatic carbocycles. The molecule has 0 radical (unpaired) electrons. The van der Waals surface area contributed by atoms with Gasteiger partial charge in [0, 0.05) is 25.0 Å². The molecule has 0 spiro atoms. The van der Waals surface area contributed by atoms with E-state index in [0.29, 0.717) is 25.6 Å². The van der Waals surface area contributed by atoms with E-state index < -0.39 is 17.5 Å². The van der Waals surface area contributed by atoms with Crippen molar-refractivity contribution in [2.45, 2.75) is 52.1 Å². The molecule has 1 aromatic rings. The number of likely N-dealkylation sites (tertiary alicyclic amines) is 1. The number of hydrogen-bond acceptors (Lipinski definition) is 5. The van der Waals surface area contributed by atoms with Crippen molar-refractivity contribution >= 4 is 23.4 Å². The van der Waals surface area contributed by atoms with E-state index >= 15 is 0 Å². The van der Waals surface area contributed by atoms with Crippen LogP contribution in [0.2, 0.25) is 0 Å². The van der Waals surface area contributed by atoms with Gasteiger partial charge in [0.15, 0.2) is 11.7 Å². The lowest BCUT2D eigenvalue weighted by atomic mass is 10.1. The molecule has 1 aromatic heterocycles. The molecule has 0 atom stereocenters. The number of rotatable bonds is 4. The van der Waals surface area contributed by atoms with Crippen LogP contribution in [0.3, 0.4) is 0 Å². The number of thiazole rings is 1. The zero-order valence-corrected chi connectivity index (χ0v) is 16.5. The van der Waals surface area contributed by atoms with Crippen molar-refractivity contribution < 1.29 is 22.7 Å². The summed E-state index contributed by atoms with van der Waals surface area (Å²) in [6.45, 7) is 8.87. The Balaban J connectivity index is 1.86. The summed E-state index contributed by atoms with van der Waals surface area (Å²) < 4.78 is 43.1. The number of carbonyl (C=O) groups is 1. The van der Waals surface area contributed by atoms with Gasteiger partial charge in [-0.15, -0.1) is 11.3 Å². The van der Waals surface area contributed by atoms with Gasteiger partial charge in [0.2, 0.25) is 0 Å². The van der Waals surface area contributed by atoms with Crippen LogP contribution in [-0.4, -0.2) is 53.2 Å². The minimum absolute atomic E-state index is 0.00245. The first-order valence-corrected chi connectivity index (χ1v) is 9.40. The SMILES string of the molecule is CCNC(=NCc1nc(C(F)(F)F)cs1)NC1CN(C(=O)OC(C)(C)C)C1. The number of aromatic nitrogens is 1. The van der Waals surface area contributed by atoms with Crippen LogP contribution in [-0.2, 0) is 17.5 Å². The van der Waals surface area contributed by atoms with Gasteiger partial charge in [-0.3, -0.25) is 0 Å². The Labute approximate surface area is 160 Å². The third kappa shape index (κ3) is 6.56. The molecule has 1 aliphatic rings. The number of carbonyl (C=O) groups excluding carboxylic acids is 1. The predicted octanol–water partition coefficient (Wildman–Crippen LogP) is 2.84. The lowest BCUT2D eigenvalue weighted by molar-refractivity contribution is -0.140. The standard InChI is InChI=1S/C16H24F3N5O2S/c1-5-20-13(21-6-12-23-11(9-27-12)16(17,18)19)22-10-7-24(8-10)14(25)26-15(2,3)4/h9-10H,5-8H2,1-4H3,(H2,20,21,22). The quantitative estimate of drug-likeness (QED) is 0.593. The van der Waals surface area contributed by atoms with Gasteiger partial charge in [0.1, 0.15) is 10.6 Å². The van der Waals surface area contributed by atoms with Crippen LogP contribution in [0, 0.1) is 0 Å². The van der Waals surface area contributed by atoms with Gasteiger partial charge >= 0.3 is 12.3 Å². The smallest absolute Gasteiger partial charge is 0.434 e. The minimum Gasteiger partial charge on any atom is -0.444 e. The molecule has 152 valence electrons. The van der Waals surface area contributed by atoms with E-state index in [1.165, 1.54) is 0 Å². The van der Waals surface area contributed by atoms with E-state index in [1.807, 2.05) is 6.92 Å².